The summed E-state index contributed by atoms with van der Waals surface area (Å²) in [6.07, 6.45) is 0.617. The number of methoxy groups -OCH3 is 2. The van der Waals surface area contributed by atoms with E-state index >= 15 is 0 Å². The number of benzene rings is 3. The van der Waals surface area contributed by atoms with E-state index in [4.69, 9.17) is 21.1 Å². The van der Waals surface area contributed by atoms with Crippen LogP contribution < -0.4 is 25.0 Å². The summed E-state index contributed by atoms with van der Waals surface area (Å²) in [5.41, 5.74) is 4.28. The first kappa shape index (κ1) is 26.8. The molecule has 0 spiro atoms. The molecule has 0 bridgehead atoms. The maximum absolute atomic E-state index is 13.1. The number of nitrogens with one attached hydrogen (secondary N) is 2. The quantitative estimate of drug-likeness (QED) is 0.386. The Morgan fingerprint density at radius 2 is 1.53 bits per heavy atom. The summed E-state index contributed by atoms with van der Waals surface area (Å²) in [6, 6.07) is 17.7. The second-order valence-corrected chi connectivity index (χ2v) is 9.26. The molecule has 0 aliphatic carbocycles. The molecule has 1 aliphatic heterocycles. The summed E-state index contributed by atoms with van der Waals surface area (Å²) in [5.74, 6) is -0.0825. The Hall–Kier alpha value is -4.30. The Morgan fingerprint density at radius 1 is 0.868 bits per heavy atom. The van der Waals surface area contributed by atoms with E-state index in [1.165, 1.54) is 0 Å². The third kappa shape index (κ3) is 5.65. The first-order valence-corrected chi connectivity index (χ1v) is 12.3. The van der Waals surface area contributed by atoms with Crippen molar-refractivity contribution < 1.29 is 23.9 Å². The number of hydrogen-bond acceptors (Lipinski definition) is 6. The molecule has 1 heterocycles. The van der Waals surface area contributed by atoms with Crippen LogP contribution >= 0.6 is 11.6 Å². The third-order valence-electron chi connectivity index (χ3n) is 6.06. The van der Waals surface area contributed by atoms with Gasteiger partial charge in [0.15, 0.2) is 11.5 Å². The summed E-state index contributed by atoms with van der Waals surface area (Å²) in [7, 11) is 3.16. The number of ether oxygens (including phenoxy) is 2. The molecule has 196 valence electrons. The Balaban J connectivity index is 1.37. The molecule has 8 nitrogen and oxygen atoms in total. The molecule has 0 aromatic heterocycles. The molecule has 3 aromatic rings. The van der Waals surface area contributed by atoms with Gasteiger partial charge in [-0.2, -0.15) is 0 Å². The first-order chi connectivity index (χ1) is 18.2. The van der Waals surface area contributed by atoms with Gasteiger partial charge in [0.1, 0.15) is 10.7 Å². The zero-order valence-electron chi connectivity index (χ0n) is 21.6. The van der Waals surface area contributed by atoms with Crippen LogP contribution in [0.25, 0.3) is 0 Å². The number of imide groups is 1. The molecular weight excluding hydrogens is 506 g/mol. The first-order valence-electron chi connectivity index (χ1n) is 11.9. The standard InChI is InChI=1S/C29H28ClN3O5/c1-17-13-18(2)15-22(14-17)33-28(35)25(30)26(29(33)36)32-21-8-6-20(7-9-21)27(34)31-12-11-19-5-10-23(37-3)24(16-19)38-4/h5-10,13-16,32H,11-12H2,1-4H3,(H,31,34). The van der Waals surface area contributed by atoms with E-state index in [0.29, 0.717) is 41.4 Å². The van der Waals surface area contributed by atoms with Crippen LogP contribution in [0.15, 0.2) is 71.4 Å². The minimum atomic E-state index is -0.588. The van der Waals surface area contributed by atoms with Crippen LogP contribution in [0.1, 0.15) is 27.0 Å². The van der Waals surface area contributed by atoms with Gasteiger partial charge in [0.05, 0.1) is 19.9 Å². The molecule has 0 saturated carbocycles. The van der Waals surface area contributed by atoms with Crippen molar-refractivity contribution in [2.24, 2.45) is 0 Å². The third-order valence-corrected chi connectivity index (χ3v) is 6.41. The van der Waals surface area contributed by atoms with Gasteiger partial charge in [-0.3, -0.25) is 14.4 Å². The normalized spacial score (nSPS) is 13.1. The number of amides is 3. The van der Waals surface area contributed by atoms with Crippen molar-refractivity contribution in [3.63, 3.8) is 0 Å². The van der Waals surface area contributed by atoms with E-state index < -0.39 is 11.8 Å². The predicted molar refractivity (Wildman–Crippen MR) is 147 cm³/mol. The second kappa shape index (κ2) is 11.4. The summed E-state index contributed by atoms with van der Waals surface area (Å²) in [4.78, 5) is 39.5. The molecule has 4 rings (SSSR count). The maximum Gasteiger partial charge on any atom is 0.283 e. The molecular formula is C29H28ClN3O5. The lowest BCUT2D eigenvalue weighted by molar-refractivity contribution is -0.120. The van der Waals surface area contributed by atoms with Gasteiger partial charge in [-0.05, 0) is 85.5 Å². The van der Waals surface area contributed by atoms with Crippen LogP contribution in [-0.4, -0.2) is 38.5 Å². The number of anilines is 2. The second-order valence-electron chi connectivity index (χ2n) is 8.88. The summed E-state index contributed by atoms with van der Waals surface area (Å²) >= 11 is 6.25. The van der Waals surface area contributed by atoms with Crippen molar-refractivity contribution in [3.05, 3.63) is 93.6 Å². The monoisotopic (exact) mass is 533 g/mol. The van der Waals surface area contributed by atoms with Gasteiger partial charge in [-0.15, -0.1) is 0 Å². The van der Waals surface area contributed by atoms with Gasteiger partial charge in [0.25, 0.3) is 17.7 Å². The minimum Gasteiger partial charge on any atom is -0.493 e. The zero-order chi connectivity index (χ0) is 27.4. The van der Waals surface area contributed by atoms with Crippen molar-refractivity contribution >= 4 is 40.7 Å². The fourth-order valence-electron chi connectivity index (χ4n) is 4.23. The lowest BCUT2D eigenvalue weighted by Crippen LogP contribution is -2.32. The van der Waals surface area contributed by atoms with Crippen molar-refractivity contribution in [1.82, 2.24) is 5.32 Å². The number of hydrogen-bond donors (Lipinski definition) is 2. The average molecular weight is 534 g/mol. The molecule has 0 radical (unpaired) electrons. The fourth-order valence-corrected chi connectivity index (χ4v) is 4.45. The van der Waals surface area contributed by atoms with Crippen LogP contribution in [0.3, 0.4) is 0 Å². The lowest BCUT2D eigenvalue weighted by atomic mass is 10.1. The molecule has 3 aromatic carbocycles. The van der Waals surface area contributed by atoms with E-state index in [9.17, 15) is 14.4 Å². The number of nitrogens with zero attached hydrogens (tertiary/aromatic N) is 1. The van der Waals surface area contributed by atoms with Crippen LogP contribution in [0.5, 0.6) is 11.5 Å². The van der Waals surface area contributed by atoms with Gasteiger partial charge in [-0.25, -0.2) is 4.90 Å². The fraction of sp³-hybridized carbons (Fsp3) is 0.207. The van der Waals surface area contributed by atoms with Crippen LogP contribution in [0.2, 0.25) is 0 Å². The Bertz CT molecular complexity index is 1410. The summed E-state index contributed by atoms with van der Waals surface area (Å²) < 4.78 is 10.6. The van der Waals surface area contributed by atoms with Gasteiger partial charge in [0.2, 0.25) is 0 Å². The highest BCUT2D eigenvalue weighted by molar-refractivity contribution is 6.53. The summed E-state index contributed by atoms with van der Waals surface area (Å²) in [5, 5.41) is 5.64. The van der Waals surface area contributed by atoms with Gasteiger partial charge in [0, 0.05) is 17.8 Å². The highest BCUT2D eigenvalue weighted by Crippen LogP contribution is 2.31. The molecule has 0 unspecified atom stereocenters. The number of carbonyl (C=O) groups is 3. The lowest BCUT2D eigenvalue weighted by Gasteiger charge is -2.16. The highest BCUT2D eigenvalue weighted by Gasteiger charge is 2.39. The molecule has 0 saturated heterocycles. The van der Waals surface area contributed by atoms with Gasteiger partial charge < -0.3 is 20.1 Å². The number of rotatable bonds is 9. The van der Waals surface area contributed by atoms with E-state index in [1.807, 2.05) is 38.1 Å². The van der Waals surface area contributed by atoms with E-state index in [2.05, 4.69) is 10.6 Å². The molecule has 1 aliphatic rings. The number of carbonyl (C=O) groups excluding carboxylic acids is 3. The Labute approximate surface area is 226 Å². The number of halogens is 1. The largest absolute Gasteiger partial charge is 0.493 e. The maximum atomic E-state index is 13.1. The zero-order valence-corrected chi connectivity index (χ0v) is 22.3. The smallest absolute Gasteiger partial charge is 0.283 e. The molecule has 0 atom stereocenters. The number of aryl methyl sites for hydroxylation is 2. The van der Waals surface area contributed by atoms with Crippen molar-refractivity contribution in [1.29, 1.82) is 0 Å². The van der Waals surface area contributed by atoms with Gasteiger partial charge in [-0.1, -0.05) is 23.7 Å². The van der Waals surface area contributed by atoms with Crippen LogP contribution in [0, 0.1) is 13.8 Å². The van der Waals surface area contributed by atoms with Gasteiger partial charge >= 0.3 is 0 Å². The molecule has 2 N–H and O–H groups in total. The van der Waals surface area contributed by atoms with Crippen LogP contribution in [-0.2, 0) is 16.0 Å². The molecule has 9 heteroatoms. The van der Waals surface area contributed by atoms with Crippen LogP contribution in [0.4, 0.5) is 11.4 Å². The topological polar surface area (TPSA) is 97.0 Å². The highest BCUT2D eigenvalue weighted by atomic mass is 35.5. The van der Waals surface area contributed by atoms with Crippen molar-refractivity contribution in [2.45, 2.75) is 20.3 Å². The minimum absolute atomic E-state index is 0.0112. The van der Waals surface area contributed by atoms with E-state index in [-0.39, 0.29) is 16.6 Å². The Kier molecular flexibility index (Phi) is 8.02. The molecule has 0 fully saturated rings. The molecule has 3 amide bonds. The average Bonchev–Trinajstić information content (AvgIpc) is 3.11. The van der Waals surface area contributed by atoms with Crippen molar-refractivity contribution in [3.8, 4) is 11.5 Å². The van der Waals surface area contributed by atoms with E-state index in [0.717, 1.165) is 21.6 Å². The predicted octanol–water partition coefficient (Wildman–Crippen LogP) is 4.73. The SMILES string of the molecule is COc1ccc(CCNC(=O)c2ccc(NC3=C(Cl)C(=O)N(c4cc(C)cc(C)c4)C3=O)cc2)cc1OC. The summed E-state index contributed by atoms with van der Waals surface area (Å²) in [6.45, 7) is 4.22. The molecule has 38 heavy (non-hydrogen) atoms. The van der Waals surface area contributed by atoms with E-state index in [1.54, 1.807) is 50.6 Å². The van der Waals surface area contributed by atoms with Crippen molar-refractivity contribution in [2.75, 3.05) is 31.0 Å². The Morgan fingerprint density at radius 3 is 2.16 bits per heavy atom.